The third-order valence-electron chi connectivity index (χ3n) is 3.96. The monoisotopic (exact) mass is 340 g/mol. The summed E-state index contributed by atoms with van der Waals surface area (Å²) < 4.78 is 35.2. The molecule has 1 aliphatic heterocycles. The van der Waals surface area contributed by atoms with E-state index in [1.54, 1.807) is 0 Å². The zero-order valence-electron chi connectivity index (χ0n) is 13.2. The number of aromatic nitrogens is 3. The summed E-state index contributed by atoms with van der Waals surface area (Å²) in [6, 6.07) is 0. The average molecular weight is 340 g/mol. The van der Waals surface area contributed by atoms with Gasteiger partial charge in [0.25, 0.3) is 0 Å². The van der Waals surface area contributed by atoms with E-state index < -0.39 is 10.0 Å². The van der Waals surface area contributed by atoms with Crippen molar-refractivity contribution >= 4 is 10.0 Å². The summed E-state index contributed by atoms with van der Waals surface area (Å²) in [6.07, 6.45) is 5.84. The highest BCUT2D eigenvalue weighted by atomic mass is 32.2. The van der Waals surface area contributed by atoms with Gasteiger partial charge in [-0.1, -0.05) is 12.1 Å². The molecule has 3 heterocycles. The summed E-state index contributed by atoms with van der Waals surface area (Å²) in [5.41, 5.74) is 0.567. The van der Waals surface area contributed by atoms with Gasteiger partial charge in [0, 0.05) is 25.4 Å². The fraction of sp³-hybridized carbons (Fsp3) is 0.643. The quantitative estimate of drug-likeness (QED) is 0.818. The van der Waals surface area contributed by atoms with Crippen LogP contribution in [0.25, 0.3) is 11.5 Å². The van der Waals surface area contributed by atoms with E-state index in [4.69, 9.17) is 8.94 Å². The fourth-order valence-electron chi connectivity index (χ4n) is 2.68. The zero-order valence-corrected chi connectivity index (χ0v) is 14.0. The number of oxazole rings is 1. The zero-order chi connectivity index (χ0) is 16.4. The fourth-order valence-corrected chi connectivity index (χ4v) is 3.56. The van der Waals surface area contributed by atoms with Gasteiger partial charge in [0.15, 0.2) is 5.89 Å². The number of nitrogens with zero attached hydrogens (tertiary/aromatic N) is 4. The molecule has 9 heteroatoms. The summed E-state index contributed by atoms with van der Waals surface area (Å²) in [4.78, 5) is 8.73. The van der Waals surface area contributed by atoms with Gasteiger partial charge in [0.05, 0.1) is 6.26 Å². The normalized spacial score (nSPS) is 17.7. The molecule has 0 saturated carbocycles. The number of aryl methyl sites for hydroxylation is 1. The second kappa shape index (κ2) is 6.40. The van der Waals surface area contributed by atoms with Crippen molar-refractivity contribution in [1.82, 2.24) is 19.4 Å². The molecule has 0 unspecified atom stereocenters. The molecule has 0 bridgehead atoms. The third-order valence-corrected chi connectivity index (χ3v) is 5.26. The Morgan fingerprint density at radius 3 is 2.70 bits per heavy atom. The molecule has 2 aromatic rings. The van der Waals surface area contributed by atoms with Crippen LogP contribution in [-0.2, 0) is 16.4 Å². The summed E-state index contributed by atoms with van der Waals surface area (Å²) in [5.74, 6) is 1.69. The molecular weight excluding hydrogens is 320 g/mol. The molecule has 3 rings (SSSR count). The van der Waals surface area contributed by atoms with Crippen molar-refractivity contribution in [1.29, 1.82) is 0 Å². The summed E-state index contributed by atoms with van der Waals surface area (Å²) in [6.45, 7) is 3.01. The first-order chi connectivity index (χ1) is 11.0. The maximum atomic E-state index is 11.5. The largest absolute Gasteiger partial charge is 0.448 e. The molecule has 126 valence electrons. The van der Waals surface area contributed by atoms with E-state index in [1.165, 1.54) is 16.8 Å². The molecule has 0 aromatic carbocycles. The maximum absolute atomic E-state index is 11.5. The molecule has 1 saturated heterocycles. The van der Waals surface area contributed by atoms with Gasteiger partial charge < -0.3 is 8.94 Å². The lowest BCUT2D eigenvalue weighted by Gasteiger charge is -2.28. The number of piperidine rings is 1. The van der Waals surface area contributed by atoms with Crippen LogP contribution < -0.4 is 0 Å². The SMILES string of the molecule is CCCc1nc(-c2noc(C3CCN(S(C)(=O)=O)CC3)n2)co1. The van der Waals surface area contributed by atoms with Gasteiger partial charge in [-0.05, 0) is 19.3 Å². The van der Waals surface area contributed by atoms with Gasteiger partial charge in [0.2, 0.25) is 21.7 Å². The number of sulfonamides is 1. The maximum Gasteiger partial charge on any atom is 0.230 e. The van der Waals surface area contributed by atoms with Crippen LogP contribution in [0.4, 0.5) is 0 Å². The van der Waals surface area contributed by atoms with Crippen molar-refractivity contribution in [3.63, 3.8) is 0 Å². The smallest absolute Gasteiger partial charge is 0.230 e. The minimum absolute atomic E-state index is 0.0799. The van der Waals surface area contributed by atoms with E-state index >= 15 is 0 Å². The molecule has 0 aliphatic carbocycles. The topological polar surface area (TPSA) is 102 Å². The Labute approximate surface area is 134 Å². The van der Waals surface area contributed by atoms with Crippen LogP contribution in [0.2, 0.25) is 0 Å². The first-order valence-electron chi connectivity index (χ1n) is 7.71. The van der Waals surface area contributed by atoms with Gasteiger partial charge in [-0.2, -0.15) is 4.98 Å². The van der Waals surface area contributed by atoms with Crippen molar-refractivity contribution in [2.75, 3.05) is 19.3 Å². The van der Waals surface area contributed by atoms with Crippen molar-refractivity contribution in [2.45, 2.75) is 38.5 Å². The highest BCUT2D eigenvalue weighted by molar-refractivity contribution is 7.88. The first kappa shape index (κ1) is 16.1. The van der Waals surface area contributed by atoms with Crippen molar-refractivity contribution in [3.05, 3.63) is 18.0 Å². The van der Waals surface area contributed by atoms with E-state index in [0.717, 1.165) is 12.8 Å². The van der Waals surface area contributed by atoms with Gasteiger partial charge >= 0.3 is 0 Å². The van der Waals surface area contributed by atoms with Gasteiger partial charge in [0.1, 0.15) is 12.0 Å². The molecule has 1 aliphatic rings. The van der Waals surface area contributed by atoms with E-state index in [2.05, 4.69) is 22.0 Å². The third kappa shape index (κ3) is 3.61. The molecule has 0 spiro atoms. The predicted molar refractivity (Wildman–Crippen MR) is 82.2 cm³/mol. The lowest BCUT2D eigenvalue weighted by molar-refractivity contribution is 0.271. The Morgan fingerprint density at radius 1 is 1.30 bits per heavy atom. The van der Waals surface area contributed by atoms with Crippen LogP contribution in [0.1, 0.15) is 43.9 Å². The van der Waals surface area contributed by atoms with Crippen molar-refractivity contribution in [3.8, 4) is 11.5 Å². The van der Waals surface area contributed by atoms with Gasteiger partial charge in [-0.25, -0.2) is 17.7 Å². The Kier molecular flexibility index (Phi) is 4.49. The molecule has 2 aromatic heterocycles. The minimum Gasteiger partial charge on any atom is -0.448 e. The van der Waals surface area contributed by atoms with Crippen LogP contribution >= 0.6 is 0 Å². The molecule has 0 radical (unpaired) electrons. The molecule has 8 nitrogen and oxygen atoms in total. The highest BCUT2D eigenvalue weighted by Gasteiger charge is 2.29. The molecule has 0 atom stereocenters. The Bertz CT molecular complexity index is 759. The van der Waals surface area contributed by atoms with Crippen LogP contribution in [0.3, 0.4) is 0 Å². The Hall–Kier alpha value is -1.74. The van der Waals surface area contributed by atoms with E-state index in [0.29, 0.717) is 49.2 Å². The second-order valence-corrected chi connectivity index (χ2v) is 7.75. The van der Waals surface area contributed by atoms with Crippen LogP contribution in [0.15, 0.2) is 15.2 Å². The second-order valence-electron chi connectivity index (χ2n) is 5.77. The standard InChI is InChI=1S/C14H20N4O4S/c1-3-4-12-15-11(9-21-12)13-16-14(22-17-13)10-5-7-18(8-6-10)23(2,19)20/h9-10H,3-8H2,1-2H3. The van der Waals surface area contributed by atoms with E-state index in [1.807, 2.05) is 0 Å². The van der Waals surface area contributed by atoms with Gasteiger partial charge in [-0.3, -0.25) is 0 Å². The van der Waals surface area contributed by atoms with E-state index in [9.17, 15) is 8.42 Å². The Balaban J connectivity index is 1.68. The molecule has 0 N–H and O–H groups in total. The number of hydrogen-bond donors (Lipinski definition) is 0. The molecule has 23 heavy (non-hydrogen) atoms. The Morgan fingerprint density at radius 2 is 2.04 bits per heavy atom. The summed E-state index contributed by atoms with van der Waals surface area (Å²) in [5, 5.41) is 3.96. The number of rotatable bonds is 5. The van der Waals surface area contributed by atoms with Crippen molar-refractivity contribution < 1.29 is 17.4 Å². The first-order valence-corrected chi connectivity index (χ1v) is 9.55. The van der Waals surface area contributed by atoms with Crippen molar-refractivity contribution in [2.24, 2.45) is 0 Å². The summed E-state index contributed by atoms with van der Waals surface area (Å²) in [7, 11) is -3.13. The lowest BCUT2D eigenvalue weighted by atomic mass is 9.98. The van der Waals surface area contributed by atoms with E-state index in [-0.39, 0.29) is 5.92 Å². The summed E-state index contributed by atoms with van der Waals surface area (Å²) >= 11 is 0. The number of hydrogen-bond acceptors (Lipinski definition) is 7. The molecule has 0 amide bonds. The highest BCUT2D eigenvalue weighted by Crippen LogP contribution is 2.29. The van der Waals surface area contributed by atoms with Gasteiger partial charge in [-0.15, -0.1) is 0 Å². The van der Waals surface area contributed by atoms with Crippen LogP contribution in [-0.4, -0.2) is 47.2 Å². The van der Waals surface area contributed by atoms with Crippen LogP contribution in [0.5, 0.6) is 0 Å². The van der Waals surface area contributed by atoms with Crippen LogP contribution in [0, 0.1) is 0 Å². The minimum atomic E-state index is -3.13. The molecule has 1 fully saturated rings. The predicted octanol–water partition coefficient (Wildman–Crippen LogP) is 1.82. The lowest BCUT2D eigenvalue weighted by Crippen LogP contribution is -2.37. The molecular formula is C14H20N4O4S. The average Bonchev–Trinajstić information content (AvgIpc) is 3.15.